The van der Waals surface area contributed by atoms with Gasteiger partial charge in [-0.05, 0) is 47.5 Å². The molecule has 1 amide bonds. The normalized spacial score (nSPS) is 14.8. The first-order valence-corrected chi connectivity index (χ1v) is 12.0. The number of hydrogen-bond acceptors (Lipinski definition) is 5. The summed E-state index contributed by atoms with van der Waals surface area (Å²) < 4.78 is 11.8. The Morgan fingerprint density at radius 3 is 2.46 bits per heavy atom. The minimum absolute atomic E-state index is 0.0309. The SMILES string of the molecule is COc1cccc([C@@H](CN2CCN(C(=O)c3ccccc3Cl)CC2)OCc2ccc(C#N)cc2)c1. The second-order valence-electron chi connectivity index (χ2n) is 8.46. The second kappa shape index (κ2) is 11.9. The van der Waals surface area contributed by atoms with E-state index in [1.165, 1.54) is 0 Å². The monoisotopic (exact) mass is 489 g/mol. The third kappa shape index (κ3) is 6.40. The fraction of sp³-hybridized carbons (Fsp3) is 0.286. The van der Waals surface area contributed by atoms with Gasteiger partial charge in [0.1, 0.15) is 5.75 Å². The van der Waals surface area contributed by atoms with Gasteiger partial charge in [-0.3, -0.25) is 9.69 Å². The number of hydrogen-bond donors (Lipinski definition) is 0. The highest BCUT2D eigenvalue weighted by Crippen LogP contribution is 2.25. The van der Waals surface area contributed by atoms with Crippen LogP contribution in [0.4, 0.5) is 0 Å². The predicted molar refractivity (Wildman–Crippen MR) is 135 cm³/mol. The van der Waals surface area contributed by atoms with E-state index >= 15 is 0 Å². The number of piperazine rings is 1. The van der Waals surface area contributed by atoms with Gasteiger partial charge in [-0.1, -0.05) is 48.0 Å². The van der Waals surface area contributed by atoms with Crippen molar-refractivity contribution in [2.75, 3.05) is 39.8 Å². The molecule has 1 heterocycles. The van der Waals surface area contributed by atoms with Crippen molar-refractivity contribution in [3.63, 3.8) is 0 Å². The van der Waals surface area contributed by atoms with Crippen molar-refractivity contribution in [3.8, 4) is 11.8 Å². The van der Waals surface area contributed by atoms with E-state index < -0.39 is 0 Å². The highest BCUT2D eigenvalue weighted by molar-refractivity contribution is 6.33. The lowest BCUT2D eigenvalue weighted by Gasteiger charge is -2.36. The van der Waals surface area contributed by atoms with Gasteiger partial charge in [0.25, 0.3) is 5.91 Å². The molecule has 3 aromatic carbocycles. The van der Waals surface area contributed by atoms with Crippen LogP contribution >= 0.6 is 11.6 Å². The van der Waals surface area contributed by atoms with Gasteiger partial charge in [0.05, 0.1) is 42.0 Å². The molecule has 35 heavy (non-hydrogen) atoms. The summed E-state index contributed by atoms with van der Waals surface area (Å²) in [4.78, 5) is 17.1. The van der Waals surface area contributed by atoms with Crippen LogP contribution in [-0.4, -0.2) is 55.5 Å². The summed E-state index contributed by atoms with van der Waals surface area (Å²) in [6.45, 7) is 3.87. The topological polar surface area (TPSA) is 65.8 Å². The second-order valence-corrected chi connectivity index (χ2v) is 8.86. The first-order chi connectivity index (χ1) is 17.1. The maximum absolute atomic E-state index is 12.9. The van der Waals surface area contributed by atoms with E-state index in [0.29, 0.717) is 42.4 Å². The summed E-state index contributed by atoms with van der Waals surface area (Å²) in [6.07, 6.45) is -0.174. The first-order valence-electron chi connectivity index (χ1n) is 11.6. The molecule has 0 saturated carbocycles. The lowest BCUT2D eigenvalue weighted by atomic mass is 10.1. The molecule has 1 aliphatic rings. The van der Waals surface area contributed by atoms with Crippen LogP contribution in [0.15, 0.2) is 72.8 Å². The number of halogens is 1. The van der Waals surface area contributed by atoms with Crippen molar-refractivity contribution < 1.29 is 14.3 Å². The molecule has 0 N–H and O–H groups in total. The van der Waals surface area contributed by atoms with Crippen LogP contribution in [0.1, 0.15) is 33.2 Å². The van der Waals surface area contributed by atoms with Gasteiger partial charge in [0.2, 0.25) is 0 Å². The Bertz CT molecular complexity index is 1180. The Morgan fingerprint density at radius 1 is 1.03 bits per heavy atom. The zero-order chi connectivity index (χ0) is 24.6. The number of carbonyl (C=O) groups is 1. The molecular formula is C28H28ClN3O3. The lowest BCUT2D eigenvalue weighted by Crippen LogP contribution is -2.49. The fourth-order valence-electron chi connectivity index (χ4n) is 4.14. The number of benzene rings is 3. The molecule has 1 atom stereocenters. The molecule has 180 valence electrons. The van der Waals surface area contributed by atoms with E-state index in [-0.39, 0.29) is 12.0 Å². The molecule has 1 saturated heterocycles. The molecule has 0 radical (unpaired) electrons. The smallest absolute Gasteiger partial charge is 0.255 e. The summed E-state index contributed by atoms with van der Waals surface area (Å²) in [5.41, 5.74) is 3.21. The molecule has 4 rings (SSSR count). The van der Waals surface area contributed by atoms with Crippen LogP contribution in [-0.2, 0) is 11.3 Å². The average Bonchev–Trinajstić information content (AvgIpc) is 2.91. The van der Waals surface area contributed by atoms with Crippen LogP contribution in [0.25, 0.3) is 0 Å². The third-order valence-corrected chi connectivity index (χ3v) is 6.52. The number of amides is 1. The standard InChI is InChI=1S/C28H28ClN3O3/c1-34-24-6-4-5-23(17-24)27(35-20-22-11-9-21(18-30)10-12-22)19-31-13-15-32(16-14-31)28(33)25-7-2-3-8-26(25)29/h2-12,17,27H,13-16,19-20H2,1H3/t27-/m1/s1. The molecule has 0 aromatic heterocycles. The maximum Gasteiger partial charge on any atom is 0.255 e. The molecule has 0 unspecified atom stereocenters. The van der Waals surface area contributed by atoms with Crippen LogP contribution in [0, 0.1) is 11.3 Å². The molecular weight excluding hydrogens is 462 g/mol. The molecule has 0 aliphatic carbocycles. The van der Waals surface area contributed by atoms with E-state index in [1.807, 2.05) is 53.4 Å². The van der Waals surface area contributed by atoms with Crippen LogP contribution in [0.5, 0.6) is 5.75 Å². The van der Waals surface area contributed by atoms with Crippen molar-refractivity contribution in [2.24, 2.45) is 0 Å². The van der Waals surface area contributed by atoms with Crippen molar-refractivity contribution in [2.45, 2.75) is 12.7 Å². The van der Waals surface area contributed by atoms with Gasteiger partial charge in [0.15, 0.2) is 0 Å². The number of rotatable bonds is 8. The average molecular weight is 490 g/mol. The zero-order valence-electron chi connectivity index (χ0n) is 19.7. The number of carbonyl (C=O) groups excluding carboxylic acids is 1. The zero-order valence-corrected chi connectivity index (χ0v) is 20.4. The van der Waals surface area contributed by atoms with Gasteiger partial charge in [-0.2, -0.15) is 5.26 Å². The molecule has 1 fully saturated rings. The van der Waals surface area contributed by atoms with Crippen LogP contribution in [0.2, 0.25) is 5.02 Å². The summed E-state index contributed by atoms with van der Waals surface area (Å²) in [5.74, 6) is 0.751. The van der Waals surface area contributed by atoms with E-state index in [0.717, 1.165) is 30.0 Å². The van der Waals surface area contributed by atoms with E-state index in [1.54, 1.807) is 31.4 Å². The van der Waals surface area contributed by atoms with Crippen LogP contribution in [0.3, 0.4) is 0 Å². The van der Waals surface area contributed by atoms with Gasteiger partial charge in [-0.25, -0.2) is 0 Å². The number of nitrogens with zero attached hydrogens (tertiary/aromatic N) is 3. The molecule has 7 heteroatoms. The maximum atomic E-state index is 12.9. The van der Waals surface area contributed by atoms with Crippen LogP contribution < -0.4 is 4.74 Å². The Balaban J connectivity index is 1.41. The van der Waals surface area contributed by atoms with Crippen molar-refractivity contribution in [1.29, 1.82) is 5.26 Å². The number of methoxy groups -OCH3 is 1. The Morgan fingerprint density at radius 2 is 1.77 bits per heavy atom. The largest absolute Gasteiger partial charge is 0.497 e. The summed E-state index contributed by atoms with van der Waals surface area (Å²) in [6, 6.07) is 24.7. The predicted octanol–water partition coefficient (Wildman–Crippen LogP) is 4.94. The highest BCUT2D eigenvalue weighted by atomic mass is 35.5. The van der Waals surface area contributed by atoms with Crippen molar-refractivity contribution in [3.05, 3.63) is 100 Å². The van der Waals surface area contributed by atoms with E-state index in [9.17, 15) is 4.79 Å². The summed E-state index contributed by atoms with van der Waals surface area (Å²) >= 11 is 6.23. The van der Waals surface area contributed by atoms with Gasteiger partial charge >= 0.3 is 0 Å². The van der Waals surface area contributed by atoms with E-state index in [4.69, 9.17) is 26.3 Å². The minimum Gasteiger partial charge on any atom is -0.497 e. The van der Waals surface area contributed by atoms with Crippen molar-refractivity contribution in [1.82, 2.24) is 9.80 Å². The molecule has 3 aromatic rings. The van der Waals surface area contributed by atoms with Gasteiger partial charge in [-0.15, -0.1) is 0 Å². The third-order valence-electron chi connectivity index (χ3n) is 6.19. The quantitative estimate of drug-likeness (QED) is 0.448. The van der Waals surface area contributed by atoms with Gasteiger partial charge in [0, 0.05) is 32.7 Å². The minimum atomic E-state index is -0.174. The van der Waals surface area contributed by atoms with Crippen molar-refractivity contribution >= 4 is 17.5 Å². The molecule has 1 aliphatic heterocycles. The Hall–Kier alpha value is -3.37. The molecule has 6 nitrogen and oxygen atoms in total. The summed E-state index contributed by atoms with van der Waals surface area (Å²) in [7, 11) is 1.65. The number of ether oxygens (including phenoxy) is 2. The van der Waals surface area contributed by atoms with Gasteiger partial charge < -0.3 is 14.4 Å². The molecule has 0 spiro atoms. The fourth-order valence-corrected chi connectivity index (χ4v) is 4.36. The first kappa shape index (κ1) is 24.7. The molecule has 0 bridgehead atoms. The number of nitriles is 1. The Kier molecular flexibility index (Phi) is 8.38. The summed E-state index contributed by atoms with van der Waals surface area (Å²) in [5, 5.41) is 9.51. The van der Waals surface area contributed by atoms with E-state index in [2.05, 4.69) is 11.0 Å². The highest BCUT2D eigenvalue weighted by Gasteiger charge is 2.26. The Labute approximate surface area is 211 Å². The lowest BCUT2D eigenvalue weighted by molar-refractivity contribution is 0.00333.